The minimum atomic E-state index is -1.24. The molecule has 3 unspecified atom stereocenters. The van der Waals surface area contributed by atoms with E-state index in [4.69, 9.17) is 28.4 Å². The van der Waals surface area contributed by atoms with Gasteiger partial charge in [-0.15, -0.1) is 0 Å². The Morgan fingerprint density at radius 3 is 1.78 bits per heavy atom. The molecular formula is C14H22O9. The van der Waals surface area contributed by atoms with Gasteiger partial charge in [-0.3, -0.25) is 14.4 Å². The van der Waals surface area contributed by atoms with Gasteiger partial charge < -0.3 is 28.4 Å². The maximum atomic E-state index is 11.4. The Kier molecular flexibility index (Phi) is 7.40. The van der Waals surface area contributed by atoms with Crippen LogP contribution >= 0.6 is 0 Å². The number of methoxy groups -OCH3 is 2. The lowest BCUT2D eigenvalue weighted by Crippen LogP contribution is -2.62. The monoisotopic (exact) mass is 334 g/mol. The summed E-state index contributed by atoms with van der Waals surface area (Å²) in [5, 5.41) is 0. The molecule has 1 fully saturated rings. The van der Waals surface area contributed by atoms with Crippen LogP contribution in [0.25, 0.3) is 0 Å². The molecule has 23 heavy (non-hydrogen) atoms. The Morgan fingerprint density at radius 2 is 1.35 bits per heavy atom. The summed E-state index contributed by atoms with van der Waals surface area (Å²) in [5.74, 6) is -1.89. The van der Waals surface area contributed by atoms with Crippen LogP contribution in [0.1, 0.15) is 20.8 Å². The quantitative estimate of drug-likeness (QED) is 0.482. The Morgan fingerprint density at radius 1 is 0.826 bits per heavy atom. The van der Waals surface area contributed by atoms with Gasteiger partial charge in [0.15, 0.2) is 6.10 Å². The van der Waals surface area contributed by atoms with Gasteiger partial charge in [0.25, 0.3) is 0 Å². The van der Waals surface area contributed by atoms with Crippen molar-refractivity contribution in [1.82, 2.24) is 0 Å². The third-order valence-electron chi connectivity index (χ3n) is 3.08. The Hall–Kier alpha value is -1.71. The molecule has 1 heterocycles. The van der Waals surface area contributed by atoms with Crippen LogP contribution in [0.15, 0.2) is 0 Å². The highest BCUT2D eigenvalue weighted by molar-refractivity contribution is 5.68. The molecule has 1 aliphatic heterocycles. The summed E-state index contributed by atoms with van der Waals surface area (Å²) in [6.07, 6.45) is -4.87. The fraction of sp³-hybridized carbons (Fsp3) is 0.786. The van der Waals surface area contributed by atoms with Crippen molar-refractivity contribution in [3.8, 4) is 0 Å². The number of esters is 3. The molecule has 1 saturated heterocycles. The van der Waals surface area contributed by atoms with Crippen LogP contribution in [0.3, 0.4) is 0 Å². The zero-order chi connectivity index (χ0) is 17.6. The molecule has 0 aliphatic carbocycles. The maximum Gasteiger partial charge on any atom is 0.305 e. The molecule has 5 atom stereocenters. The van der Waals surface area contributed by atoms with Gasteiger partial charge in [-0.2, -0.15) is 0 Å². The van der Waals surface area contributed by atoms with Crippen molar-refractivity contribution < 1.29 is 42.8 Å². The Bertz CT molecular complexity index is 436. The number of carbonyl (C=O) groups is 3. The van der Waals surface area contributed by atoms with E-state index in [1.165, 1.54) is 35.0 Å². The molecule has 0 spiro atoms. The van der Waals surface area contributed by atoms with E-state index in [1.54, 1.807) is 0 Å². The van der Waals surface area contributed by atoms with Gasteiger partial charge in [0.2, 0.25) is 12.4 Å². The second kappa shape index (κ2) is 8.80. The smallest absolute Gasteiger partial charge is 0.305 e. The van der Waals surface area contributed by atoms with Crippen molar-refractivity contribution in [2.24, 2.45) is 0 Å². The lowest BCUT2D eigenvalue weighted by atomic mass is 9.98. The van der Waals surface area contributed by atoms with Crippen molar-refractivity contribution in [3.63, 3.8) is 0 Å². The molecule has 0 aromatic carbocycles. The maximum absolute atomic E-state index is 11.4. The van der Waals surface area contributed by atoms with E-state index < -0.39 is 48.6 Å². The molecule has 0 radical (unpaired) electrons. The summed E-state index contributed by atoms with van der Waals surface area (Å²) in [4.78, 5) is 34.0. The lowest BCUT2D eigenvalue weighted by Gasteiger charge is -2.43. The first-order chi connectivity index (χ1) is 10.8. The van der Waals surface area contributed by atoms with Gasteiger partial charge in [-0.05, 0) is 0 Å². The highest BCUT2D eigenvalue weighted by atomic mass is 16.7. The third kappa shape index (κ3) is 5.45. The number of rotatable bonds is 6. The van der Waals surface area contributed by atoms with E-state index in [2.05, 4.69) is 0 Å². The molecule has 9 nitrogen and oxygen atoms in total. The van der Waals surface area contributed by atoms with E-state index in [9.17, 15) is 14.4 Å². The minimum Gasteiger partial charge on any atom is -0.455 e. The number of carbonyl (C=O) groups excluding carboxylic acids is 3. The van der Waals surface area contributed by atoms with E-state index in [-0.39, 0.29) is 6.61 Å². The molecule has 0 aromatic rings. The second-order valence-corrected chi connectivity index (χ2v) is 4.96. The molecule has 1 rings (SSSR count). The van der Waals surface area contributed by atoms with Crippen molar-refractivity contribution in [2.45, 2.75) is 51.5 Å². The number of hydrogen-bond acceptors (Lipinski definition) is 9. The zero-order valence-corrected chi connectivity index (χ0v) is 13.8. The Labute approximate surface area is 134 Å². The predicted molar refractivity (Wildman–Crippen MR) is 74.2 cm³/mol. The fourth-order valence-electron chi connectivity index (χ4n) is 2.36. The third-order valence-corrected chi connectivity index (χ3v) is 3.08. The molecular weight excluding hydrogens is 312 g/mol. The van der Waals surface area contributed by atoms with Crippen LogP contribution in [0.2, 0.25) is 0 Å². The largest absolute Gasteiger partial charge is 0.455 e. The number of hydrogen-bond donors (Lipinski definition) is 0. The average molecular weight is 334 g/mol. The first-order valence-electron chi connectivity index (χ1n) is 6.99. The van der Waals surface area contributed by atoms with Crippen molar-refractivity contribution in [1.29, 1.82) is 0 Å². The van der Waals surface area contributed by atoms with E-state index in [0.29, 0.717) is 0 Å². The Balaban J connectivity index is 3.14. The van der Waals surface area contributed by atoms with Crippen LogP contribution in [-0.2, 0) is 42.8 Å². The van der Waals surface area contributed by atoms with Gasteiger partial charge in [-0.1, -0.05) is 0 Å². The first-order valence-corrected chi connectivity index (χ1v) is 6.99. The summed E-state index contributed by atoms with van der Waals surface area (Å²) in [6.45, 7) is 3.67. The van der Waals surface area contributed by atoms with Crippen LogP contribution in [0.5, 0.6) is 0 Å². The average Bonchev–Trinajstić information content (AvgIpc) is 2.41. The lowest BCUT2D eigenvalue weighted by molar-refractivity contribution is -0.301. The molecule has 0 aromatic heterocycles. The molecule has 132 valence electrons. The molecule has 0 amide bonds. The zero-order valence-electron chi connectivity index (χ0n) is 13.8. The summed E-state index contributed by atoms with van der Waals surface area (Å²) in [6, 6.07) is 0. The SMILES string of the molecule is COCC1O[C@@H](OC(C)=O)C(OC(C)=O)C(OC(C)=O)[C@@H]1OC. The van der Waals surface area contributed by atoms with Crippen LogP contribution in [-0.4, -0.2) is 69.4 Å². The van der Waals surface area contributed by atoms with Crippen LogP contribution in [0.4, 0.5) is 0 Å². The molecule has 0 saturated carbocycles. The molecule has 0 N–H and O–H groups in total. The highest BCUT2D eigenvalue weighted by Crippen LogP contribution is 2.29. The van der Waals surface area contributed by atoms with Crippen molar-refractivity contribution in [3.05, 3.63) is 0 Å². The summed E-state index contributed by atoms with van der Waals surface area (Å²) >= 11 is 0. The van der Waals surface area contributed by atoms with Crippen LogP contribution < -0.4 is 0 Å². The number of ether oxygens (including phenoxy) is 6. The van der Waals surface area contributed by atoms with Crippen molar-refractivity contribution >= 4 is 17.9 Å². The molecule has 0 bridgehead atoms. The minimum absolute atomic E-state index is 0.0980. The highest BCUT2D eigenvalue weighted by Gasteiger charge is 2.51. The molecule has 9 heteroatoms. The second-order valence-electron chi connectivity index (χ2n) is 4.96. The first kappa shape index (κ1) is 19.3. The van der Waals surface area contributed by atoms with Gasteiger partial charge in [-0.25, -0.2) is 0 Å². The normalized spacial score (nSPS) is 30.4. The van der Waals surface area contributed by atoms with Gasteiger partial charge in [0.1, 0.15) is 12.2 Å². The summed E-state index contributed by atoms with van der Waals surface area (Å²) in [7, 11) is 2.85. The van der Waals surface area contributed by atoms with Crippen molar-refractivity contribution in [2.75, 3.05) is 20.8 Å². The molecule has 1 aliphatic rings. The predicted octanol–water partition coefficient (Wildman–Crippen LogP) is -0.201. The topological polar surface area (TPSA) is 107 Å². The standard InChI is InChI=1S/C14H22O9/c1-7(15)20-12-11(19-5)10(6-18-4)23-14(22-9(3)17)13(12)21-8(2)16/h10-14H,6H2,1-5H3/t10?,11-,12?,13?,14-/m1/s1. The van der Waals surface area contributed by atoms with Gasteiger partial charge in [0, 0.05) is 35.0 Å². The van der Waals surface area contributed by atoms with Gasteiger partial charge in [0.05, 0.1) is 6.61 Å². The van der Waals surface area contributed by atoms with E-state index in [1.807, 2.05) is 0 Å². The van der Waals surface area contributed by atoms with E-state index >= 15 is 0 Å². The fourth-order valence-corrected chi connectivity index (χ4v) is 2.36. The van der Waals surface area contributed by atoms with Crippen LogP contribution in [0, 0.1) is 0 Å². The summed E-state index contributed by atoms with van der Waals surface area (Å²) < 4.78 is 31.4. The van der Waals surface area contributed by atoms with E-state index in [0.717, 1.165) is 0 Å². The van der Waals surface area contributed by atoms with Gasteiger partial charge >= 0.3 is 17.9 Å². The summed E-state index contributed by atoms with van der Waals surface area (Å²) in [5.41, 5.74) is 0.